The molecule has 19 heavy (non-hydrogen) atoms. The first-order valence-electron chi connectivity index (χ1n) is 6.37. The van der Waals surface area contributed by atoms with E-state index in [1.165, 1.54) is 12.7 Å². The third-order valence-electron chi connectivity index (χ3n) is 2.81. The average molecular weight is 265 g/mol. The summed E-state index contributed by atoms with van der Waals surface area (Å²) in [5.41, 5.74) is 5.21. The lowest BCUT2D eigenvalue weighted by Gasteiger charge is -2.26. The largest absolute Gasteiger partial charge is 0.477 e. The van der Waals surface area contributed by atoms with Crippen LogP contribution in [-0.4, -0.2) is 60.7 Å². The Kier molecular flexibility index (Phi) is 5.51. The van der Waals surface area contributed by atoms with Crippen LogP contribution in [0.1, 0.15) is 6.42 Å². The summed E-state index contributed by atoms with van der Waals surface area (Å²) in [6.45, 7) is 5.30. The molecule has 0 unspecified atom stereocenters. The van der Waals surface area contributed by atoms with E-state index in [-0.39, 0.29) is 0 Å². The summed E-state index contributed by atoms with van der Waals surface area (Å²) in [5.74, 6) is 1.03. The molecule has 7 nitrogen and oxygen atoms in total. The molecule has 0 atom stereocenters. The zero-order valence-corrected chi connectivity index (χ0v) is 10.9. The fourth-order valence-electron chi connectivity index (χ4n) is 1.85. The number of hydrogen-bond acceptors (Lipinski definition) is 6. The molecule has 1 fully saturated rings. The Labute approximate surface area is 112 Å². The molecule has 0 spiro atoms. The molecule has 1 aromatic rings. The van der Waals surface area contributed by atoms with E-state index in [1.54, 1.807) is 6.07 Å². The van der Waals surface area contributed by atoms with E-state index in [1.807, 2.05) is 0 Å². The molecule has 1 saturated heterocycles. The number of morpholine rings is 1. The lowest BCUT2D eigenvalue weighted by molar-refractivity contribution is 0.0357. The highest BCUT2D eigenvalue weighted by atomic mass is 16.5. The molecule has 0 aromatic carbocycles. The zero-order valence-electron chi connectivity index (χ0n) is 10.9. The summed E-state index contributed by atoms with van der Waals surface area (Å²) in [6.07, 6.45) is 3.57. The van der Waals surface area contributed by atoms with Crippen molar-refractivity contribution in [2.24, 2.45) is 10.7 Å². The van der Waals surface area contributed by atoms with Gasteiger partial charge in [-0.15, -0.1) is 0 Å². The van der Waals surface area contributed by atoms with Gasteiger partial charge < -0.3 is 15.2 Å². The number of rotatable bonds is 6. The van der Waals surface area contributed by atoms with Crippen molar-refractivity contribution in [3.8, 4) is 5.88 Å². The van der Waals surface area contributed by atoms with E-state index in [9.17, 15) is 0 Å². The van der Waals surface area contributed by atoms with Crippen molar-refractivity contribution < 1.29 is 9.47 Å². The minimum atomic E-state index is 0.501. The molecule has 1 aromatic heterocycles. The Bertz CT molecular complexity index is 407. The molecule has 0 saturated carbocycles. The van der Waals surface area contributed by atoms with Crippen LogP contribution in [0.4, 0.5) is 5.82 Å². The maximum atomic E-state index is 5.56. The molecule has 0 aliphatic carbocycles. The van der Waals surface area contributed by atoms with Crippen molar-refractivity contribution in [2.45, 2.75) is 6.42 Å². The van der Waals surface area contributed by atoms with Crippen LogP contribution in [0.2, 0.25) is 0 Å². The van der Waals surface area contributed by atoms with Crippen molar-refractivity contribution in [3.05, 3.63) is 12.4 Å². The average Bonchev–Trinajstić information content (AvgIpc) is 2.46. The predicted molar refractivity (Wildman–Crippen MR) is 71.7 cm³/mol. The van der Waals surface area contributed by atoms with Gasteiger partial charge in [0.15, 0.2) is 5.82 Å². The number of nitrogens with zero attached hydrogens (tertiary/aromatic N) is 4. The smallest absolute Gasteiger partial charge is 0.218 e. The minimum absolute atomic E-state index is 0.501. The first-order chi connectivity index (χ1) is 9.38. The monoisotopic (exact) mass is 265 g/mol. The zero-order chi connectivity index (χ0) is 13.3. The number of nitrogens with two attached hydrogens (primary N) is 1. The van der Waals surface area contributed by atoms with Crippen LogP contribution in [0.15, 0.2) is 17.4 Å². The van der Waals surface area contributed by atoms with Crippen LogP contribution >= 0.6 is 0 Å². The highest BCUT2D eigenvalue weighted by molar-refractivity contribution is 5.57. The van der Waals surface area contributed by atoms with Gasteiger partial charge in [0.25, 0.3) is 0 Å². The van der Waals surface area contributed by atoms with Gasteiger partial charge in [0, 0.05) is 25.7 Å². The lowest BCUT2D eigenvalue weighted by Crippen LogP contribution is -2.37. The van der Waals surface area contributed by atoms with Gasteiger partial charge in [0.2, 0.25) is 5.88 Å². The second-order valence-electron chi connectivity index (χ2n) is 4.15. The number of ether oxygens (including phenoxy) is 2. The molecule has 2 N–H and O–H groups in total. The van der Waals surface area contributed by atoms with Crippen molar-refractivity contribution >= 4 is 12.2 Å². The third kappa shape index (κ3) is 4.80. The summed E-state index contributed by atoms with van der Waals surface area (Å²) in [5, 5.41) is 0. The molecule has 104 valence electrons. The molecular weight excluding hydrogens is 246 g/mol. The number of aromatic nitrogens is 2. The summed E-state index contributed by atoms with van der Waals surface area (Å²) in [7, 11) is 0. The van der Waals surface area contributed by atoms with Gasteiger partial charge in [0.05, 0.1) is 26.2 Å². The van der Waals surface area contributed by atoms with E-state index in [0.717, 1.165) is 39.3 Å². The van der Waals surface area contributed by atoms with Gasteiger partial charge in [-0.1, -0.05) is 0 Å². The fraction of sp³-hybridized carbons (Fsp3) is 0.583. The Balaban J connectivity index is 1.68. The Morgan fingerprint density at radius 3 is 3.05 bits per heavy atom. The second kappa shape index (κ2) is 7.65. The Morgan fingerprint density at radius 2 is 2.26 bits per heavy atom. The second-order valence-corrected chi connectivity index (χ2v) is 4.15. The Hall–Kier alpha value is -1.73. The van der Waals surface area contributed by atoms with E-state index >= 15 is 0 Å². The van der Waals surface area contributed by atoms with E-state index in [2.05, 4.69) is 19.9 Å². The first kappa shape index (κ1) is 13.7. The maximum Gasteiger partial charge on any atom is 0.218 e. The lowest BCUT2D eigenvalue weighted by atomic mass is 10.3. The van der Waals surface area contributed by atoms with Gasteiger partial charge in [-0.3, -0.25) is 4.90 Å². The normalized spacial score (nSPS) is 16.8. The predicted octanol–water partition coefficient (Wildman–Crippen LogP) is 0.196. The van der Waals surface area contributed by atoms with Crippen LogP contribution in [0.3, 0.4) is 0 Å². The number of aliphatic imine (C=N–C) groups is 1. The van der Waals surface area contributed by atoms with E-state index < -0.39 is 0 Å². The first-order valence-corrected chi connectivity index (χ1v) is 6.37. The molecular formula is C12H19N5O2. The van der Waals surface area contributed by atoms with Gasteiger partial charge in [0.1, 0.15) is 6.33 Å². The van der Waals surface area contributed by atoms with E-state index in [0.29, 0.717) is 18.3 Å². The van der Waals surface area contributed by atoms with E-state index in [4.69, 9.17) is 15.2 Å². The summed E-state index contributed by atoms with van der Waals surface area (Å²) in [6, 6.07) is 1.66. The van der Waals surface area contributed by atoms with Gasteiger partial charge >= 0.3 is 0 Å². The topological polar surface area (TPSA) is 85.9 Å². The van der Waals surface area contributed by atoms with Crippen molar-refractivity contribution in [2.75, 3.05) is 39.5 Å². The van der Waals surface area contributed by atoms with Crippen molar-refractivity contribution in [1.29, 1.82) is 0 Å². The van der Waals surface area contributed by atoms with Crippen LogP contribution < -0.4 is 10.5 Å². The molecule has 7 heteroatoms. The van der Waals surface area contributed by atoms with Gasteiger partial charge in [-0.2, -0.15) is 0 Å². The maximum absolute atomic E-state index is 5.56. The van der Waals surface area contributed by atoms with Gasteiger partial charge in [-0.05, 0) is 6.42 Å². The van der Waals surface area contributed by atoms with Gasteiger partial charge in [-0.25, -0.2) is 15.0 Å². The Morgan fingerprint density at radius 1 is 1.42 bits per heavy atom. The van der Waals surface area contributed by atoms with Crippen molar-refractivity contribution in [1.82, 2.24) is 14.9 Å². The molecule has 1 aliphatic rings. The fourth-order valence-corrected chi connectivity index (χ4v) is 1.85. The summed E-state index contributed by atoms with van der Waals surface area (Å²) >= 11 is 0. The third-order valence-corrected chi connectivity index (χ3v) is 2.81. The minimum Gasteiger partial charge on any atom is -0.477 e. The SMILES string of the molecule is N/C=N/c1cc(OCCCN2CCOCC2)ncn1. The standard InChI is InChI=1S/C12H19N5O2/c13-9-14-11-8-12(16-10-15-11)19-5-1-2-17-3-6-18-7-4-17/h8-10H,1-7H2,(H2,13,14,15,16). The molecule has 2 rings (SSSR count). The summed E-state index contributed by atoms with van der Waals surface area (Å²) in [4.78, 5) is 14.2. The van der Waals surface area contributed by atoms with Crippen LogP contribution in [-0.2, 0) is 4.74 Å². The number of hydrogen-bond donors (Lipinski definition) is 1. The van der Waals surface area contributed by atoms with Crippen LogP contribution in [0.5, 0.6) is 5.88 Å². The highest BCUT2D eigenvalue weighted by Crippen LogP contribution is 2.13. The molecule has 1 aliphatic heterocycles. The van der Waals surface area contributed by atoms with Crippen LogP contribution in [0.25, 0.3) is 0 Å². The molecule has 2 heterocycles. The highest BCUT2D eigenvalue weighted by Gasteiger charge is 2.09. The van der Waals surface area contributed by atoms with Crippen LogP contribution in [0, 0.1) is 0 Å². The quantitative estimate of drug-likeness (QED) is 0.449. The molecule has 0 amide bonds. The van der Waals surface area contributed by atoms with Crippen molar-refractivity contribution in [3.63, 3.8) is 0 Å². The summed E-state index contributed by atoms with van der Waals surface area (Å²) < 4.78 is 10.9. The molecule has 0 radical (unpaired) electrons. The molecule has 0 bridgehead atoms.